The van der Waals surface area contributed by atoms with Crippen molar-refractivity contribution in [2.45, 2.75) is 58.3 Å². The van der Waals surface area contributed by atoms with E-state index in [1.807, 2.05) is 11.3 Å². The minimum Gasteiger partial charge on any atom is -0.299 e. The maximum Gasteiger partial charge on any atom is 0.0331 e. The lowest BCUT2D eigenvalue weighted by Crippen LogP contribution is -2.47. The molecule has 3 rings (SSSR count). The summed E-state index contributed by atoms with van der Waals surface area (Å²) in [6.07, 6.45) is 2.42. The summed E-state index contributed by atoms with van der Waals surface area (Å²) in [5.74, 6) is 0. The van der Waals surface area contributed by atoms with Crippen molar-refractivity contribution in [2.75, 3.05) is 13.6 Å². The van der Waals surface area contributed by atoms with Gasteiger partial charge in [-0.2, -0.15) is 0 Å². The van der Waals surface area contributed by atoms with Gasteiger partial charge in [-0.3, -0.25) is 9.80 Å². The lowest BCUT2D eigenvalue weighted by molar-refractivity contribution is 0.135. The molecular formula is C21H30N2S. The summed E-state index contributed by atoms with van der Waals surface area (Å²) in [6, 6.07) is 17.4. The van der Waals surface area contributed by atoms with Crippen molar-refractivity contribution in [3.05, 3.63) is 57.8 Å². The molecule has 0 amide bonds. The number of hydrogen-bond donors (Lipinski definition) is 0. The molecule has 1 aliphatic rings. The second-order valence-corrected chi connectivity index (χ2v) is 8.73. The molecule has 0 bridgehead atoms. The molecule has 1 fully saturated rings. The number of likely N-dealkylation sites (tertiary alicyclic amines) is 1. The van der Waals surface area contributed by atoms with Gasteiger partial charge in [0.05, 0.1) is 0 Å². The molecule has 1 aromatic carbocycles. The number of likely N-dealkylation sites (N-methyl/N-ethyl adjacent to an activating group) is 1. The molecule has 0 unspecified atom stereocenters. The zero-order valence-corrected chi connectivity index (χ0v) is 16.2. The second-order valence-electron chi connectivity index (χ2n) is 7.36. The Hall–Kier alpha value is -1.16. The van der Waals surface area contributed by atoms with Crippen LogP contribution in [0.1, 0.15) is 35.6 Å². The van der Waals surface area contributed by atoms with Crippen molar-refractivity contribution in [2.24, 2.45) is 0 Å². The first-order valence-electron chi connectivity index (χ1n) is 9.10. The van der Waals surface area contributed by atoms with E-state index in [2.05, 4.69) is 80.1 Å². The number of nitrogens with zero attached hydrogens (tertiary/aromatic N) is 2. The van der Waals surface area contributed by atoms with Crippen LogP contribution in [0.2, 0.25) is 0 Å². The molecule has 0 radical (unpaired) electrons. The molecule has 1 aromatic heterocycles. The lowest BCUT2D eigenvalue weighted by atomic mass is 9.98. The predicted octanol–water partition coefficient (Wildman–Crippen LogP) is 4.58. The highest BCUT2D eigenvalue weighted by molar-refractivity contribution is 7.11. The largest absolute Gasteiger partial charge is 0.299 e. The topological polar surface area (TPSA) is 6.48 Å². The molecule has 2 aromatic rings. The summed E-state index contributed by atoms with van der Waals surface area (Å²) in [5, 5.41) is 0. The summed E-state index contributed by atoms with van der Waals surface area (Å²) in [7, 11) is 2.30. The van der Waals surface area contributed by atoms with Gasteiger partial charge in [0.1, 0.15) is 0 Å². The van der Waals surface area contributed by atoms with Crippen molar-refractivity contribution in [1.29, 1.82) is 0 Å². The van der Waals surface area contributed by atoms with Gasteiger partial charge in [0.15, 0.2) is 0 Å². The highest BCUT2D eigenvalue weighted by atomic mass is 32.1. The fraction of sp³-hybridized carbons (Fsp3) is 0.524. The molecule has 0 spiro atoms. The van der Waals surface area contributed by atoms with Gasteiger partial charge in [-0.05, 0) is 58.4 Å². The van der Waals surface area contributed by atoms with Gasteiger partial charge in [-0.25, -0.2) is 0 Å². The van der Waals surface area contributed by atoms with E-state index < -0.39 is 0 Å². The van der Waals surface area contributed by atoms with E-state index in [0.29, 0.717) is 18.1 Å². The van der Waals surface area contributed by atoms with Crippen LogP contribution in [0.5, 0.6) is 0 Å². The highest BCUT2D eigenvalue weighted by Gasteiger charge is 2.37. The fourth-order valence-corrected chi connectivity index (χ4v) is 4.76. The molecule has 130 valence electrons. The Morgan fingerprint density at radius 2 is 1.92 bits per heavy atom. The van der Waals surface area contributed by atoms with Crippen LogP contribution in [0.3, 0.4) is 0 Å². The van der Waals surface area contributed by atoms with Crippen LogP contribution >= 0.6 is 11.3 Å². The monoisotopic (exact) mass is 342 g/mol. The van der Waals surface area contributed by atoms with Crippen LogP contribution in [0.15, 0.2) is 42.5 Å². The molecule has 0 aliphatic carbocycles. The summed E-state index contributed by atoms with van der Waals surface area (Å²) in [6.45, 7) is 9.12. The van der Waals surface area contributed by atoms with Crippen molar-refractivity contribution < 1.29 is 0 Å². The SMILES string of the molecule is Cc1ccc(CN2CC[C@@H](N(C)C(C)C)[C@H]2Cc2ccccc2)s1. The number of rotatable bonds is 6. The van der Waals surface area contributed by atoms with E-state index in [9.17, 15) is 0 Å². The Kier molecular flexibility index (Phi) is 5.75. The molecule has 0 N–H and O–H groups in total. The first-order chi connectivity index (χ1) is 11.5. The van der Waals surface area contributed by atoms with Crippen molar-refractivity contribution in [3.63, 3.8) is 0 Å². The Balaban J connectivity index is 1.78. The molecule has 3 heteroatoms. The minimum absolute atomic E-state index is 0.595. The van der Waals surface area contributed by atoms with Crippen molar-refractivity contribution in [1.82, 2.24) is 9.80 Å². The Labute approximate surface area is 151 Å². The average Bonchev–Trinajstić information content (AvgIpc) is 3.15. The van der Waals surface area contributed by atoms with E-state index >= 15 is 0 Å². The standard InChI is InChI=1S/C21H30N2S/c1-16(2)22(4)20-12-13-23(15-19-11-10-17(3)24-19)21(20)14-18-8-6-5-7-9-18/h5-11,16,20-21H,12-15H2,1-4H3/t20-,21-/m1/s1. The smallest absolute Gasteiger partial charge is 0.0331 e. The van der Waals surface area contributed by atoms with Gasteiger partial charge in [-0.1, -0.05) is 30.3 Å². The third-order valence-electron chi connectivity index (χ3n) is 5.41. The van der Waals surface area contributed by atoms with Crippen LogP contribution in [0.4, 0.5) is 0 Å². The predicted molar refractivity (Wildman–Crippen MR) is 105 cm³/mol. The number of hydrogen-bond acceptors (Lipinski definition) is 3. The quantitative estimate of drug-likeness (QED) is 0.758. The molecule has 2 atom stereocenters. The summed E-state index contributed by atoms with van der Waals surface area (Å²) in [4.78, 5) is 8.20. The zero-order chi connectivity index (χ0) is 17.1. The summed E-state index contributed by atoms with van der Waals surface area (Å²) < 4.78 is 0. The van der Waals surface area contributed by atoms with Gasteiger partial charge in [0, 0.05) is 41.0 Å². The third-order valence-corrected chi connectivity index (χ3v) is 6.39. The second kappa shape index (κ2) is 7.81. The van der Waals surface area contributed by atoms with E-state index in [1.165, 1.54) is 28.3 Å². The maximum absolute atomic E-state index is 2.71. The minimum atomic E-state index is 0.595. The number of aryl methyl sites for hydroxylation is 1. The maximum atomic E-state index is 2.71. The zero-order valence-electron chi connectivity index (χ0n) is 15.4. The first-order valence-corrected chi connectivity index (χ1v) is 9.91. The Morgan fingerprint density at radius 3 is 2.54 bits per heavy atom. The normalized spacial score (nSPS) is 21.9. The van der Waals surface area contributed by atoms with Crippen molar-refractivity contribution in [3.8, 4) is 0 Å². The van der Waals surface area contributed by atoms with Crippen LogP contribution in [0, 0.1) is 6.92 Å². The molecule has 1 aliphatic heterocycles. The molecule has 1 saturated heterocycles. The van der Waals surface area contributed by atoms with Gasteiger partial charge in [0.25, 0.3) is 0 Å². The van der Waals surface area contributed by atoms with E-state index in [-0.39, 0.29) is 0 Å². The van der Waals surface area contributed by atoms with E-state index in [1.54, 1.807) is 0 Å². The average molecular weight is 343 g/mol. The van der Waals surface area contributed by atoms with Gasteiger partial charge in [0.2, 0.25) is 0 Å². The van der Waals surface area contributed by atoms with Crippen LogP contribution in [-0.2, 0) is 13.0 Å². The third kappa shape index (κ3) is 4.08. The lowest BCUT2D eigenvalue weighted by Gasteiger charge is -2.35. The molecule has 0 saturated carbocycles. The van der Waals surface area contributed by atoms with Crippen LogP contribution in [0.25, 0.3) is 0 Å². The highest BCUT2D eigenvalue weighted by Crippen LogP contribution is 2.29. The molecule has 24 heavy (non-hydrogen) atoms. The molecular weight excluding hydrogens is 312 g/mol. The van der Waals surface area contributed by atoms with Crippen molar-refractivity contribution >= 4 is 11.3 Å². The molecule has 2 nitrogen and oxygen atoms in total. The van der Waals surface area contributed by atoms with E-state index in [4.69, 9.17) is 0 Å². The van der Waals surface area contributed by atoms with Gasteiger partial charge in [-0.15, -0.1) is 11.3 Å². The fourth-order valence-electron chi connectivity index (χ4n) is 3.84. The van der Waals surface area contributed by atoms with Crippen LogP contribution < -0.4 is 0 Å². The summed E-state index contributed by atoms with van der Waals surface area (Å²) >= 11 is 1.94. The van der Waals surface area contributed by atoms with Gasteiger partial charge >= 0.3 is 0 Å². The first kappa shape index (κ1) is 17.7. The Morgan fingerprint density at radius 1 is 1.17 bits per heavy atom. The van der Waals surface area contributed by atoms with E-state index in [0.717, 1.165) is 13.0 Å². The molecule has 2 heterocycles. The van der Waals surface area contributed by atoms with Crippen LogP contribution in [-0.4, -0.2) is 41.5 Å². The number of benzene rings is 1. The Bertz CT molecular complexity index is 634. The summed E-state index contributed by atoms with van der Waals surface area (Å²) in [5.41, 5.74) is 1.46. The number of thiophene rings is 1. The van der Waals surface area contributed by atoms with Gasteiger partial charge < -0.3 is 0 Å².